The SMILES string of the molecule is O=CNNS(=O)(=O)c1ccc(F)cc1. The number of rotatable bonds is 4. The van der Waals surface area contributed by atoms with Crippen molar-refractivity contribution in [3.63, 3.8) is 0 Å². The summed E-state index contributed by atoms with van der Waals surface area (Å²) >= 11 is 0. The minimum atomic E-state index is -3.80. The lowest BCUT2D eigenvalue weighted by Gasteiger charge is -2.03. The number of hydrogen-bond donors (Lipinski definition) is 2. The van der Waals surface area contributed by atoms with Gasteiger partial charge in [-0.2, -0.15) is 0 Å². The van der Waals surface area contributed by atoms with Crippen LogP contribution in [-0.4, -0.2) is 14.8 Å². The van der Waals surface area contributed by atoms with Crippen LogP contribution in [0.5, 0.6) is 0 Å². The predicted molar refractivity (Wildman–Crippen MR) is 45.9 cm³/mol. The molecule has 0 unspecified atom stereocenters. The van der Waals surface area contributed by atoms with Crippen molar-refractivity contribution in [2.45, 2.75) is 4.90 Å². The summed E-state index contributed by atoms with van der Waals surface area (Å²) in [7, 11) is -3.80. The number of amides is 1. The normalized spacial score (nSPS) is 10.9. The Hall–Kier alpha value is -1.47. The lowest BCUT2D eigenvalue weighted by atomic mass is 10.4. The van der Waals surface area contributed by atoms with Gasteiger partial charge in [0.2, 0.25) is 6.41 Å². The molecule has 0 spiro atoms. The zero-order valence-electron chi connectivity index (χ0n) is 6.90. The number of carbonyl (C=O) groups excluding carboxylic acids is 1. The first-order valence-electron chi connectivity index (χ1n) is 3.53. The highest BCUT2D eigenvalue weighted by atomic mass is 32.2. The Kier molecular flexibility index (Phi) is 3.15. The van der Waals surface area contributed by atoms with Gasteiger partial charge in [0, 0.05) is 0 Å². The van der Waals surface area contributed by atoms with E-state index in [0.29, 0.717) is 0 Å². The number of benzene rings is 1. The lowest BCUT2D eigenvalue weighted by molar-refractivity contribution is -0.109. The van der Waals surface area contributed by atoms with Crippen molar-refractivity contribution in [3.05, 3.63) is 30.1 Å². The molecule has 1 aromatic rings. The summed E-state index contributed by atoms with van der Waals surface area (Å²) in [4.78, 5) is 11.5. The average Bonchev–Trinajstić information content (AvgIpc) is 2.16. The van der Waals surface area contributed by atoms with Gasteiger partial charge in [0.25, 0.3) is 10.0 Å². The largest absolute Gasteiger partial charge is 0.280 e. The van der Waals surface area contributed by atoms with Gasteiger partial charge in [-0.05, 0) is 24.3 Å². The standard InChI is InChI=1S/C7H7FN2O3S/c8-6-1-3-7(4-2-6)14(12,13)10-9-5-11/h1-5,10H,(H,9,11). The first-order chi connectivity index (χ1) is 6.56. The van der Waals surface area contributed by atoms with Crippen LogP contribution in [-0.2, 0) is 14.8 Å². The molecular formula is C7H7FN2O3S. The van der Waals surface area contributed by atoms with Gasteiger partial charge in [-0.25, -0.2) is 12.8 Å². The van der Waals surface area contributed by atoms with E-state index in [-0.39, 0.29) is 11.3 Å². The molecule has 1 amide bonds. The Bertz CT molecular complexity index is 415. The topological polar surface area (TPSA) is 75.3 Å². The second kappa shape index (κ2) is 4.16. The molecule has 0 aromatic heterocycles. The molecular weight excluding hydrogens is 211 g/mol. The van der Waals surface area contributed by atoms with Crippen LogP contribution in [0.4, 0.5) is 4.39 Å². The monoisotopic (exact) mass is 218 g/mol. The zero-order chi connectivity index (χ0) is 10.6. The van der Waals surface area contributed by atoms with E-state index in [1.807, 2.05) is 0 Å². The number of nitrogens with one attached hydrogen (secondary N) is 2. The minimum Gasteiger partial charge on any atom is -0.280 e. The Labute approximate surface area is 80.0 Å². The van der Waals surface area contributed by atoms with Crippen LogP contribution in [0.3, 0.4) is 0 Å². The van der Waals surface area contributed by atoms with Gasteiger partial charge < -0.3 is 0 Å². The molecule has 0 saturated carbocycles. The average molecular weight is 218 g/mol. The van der Waals surface area contributed by atoms with Crippen LogP contribution in [0.1, 0.15) is 0 Å². The number of hydrogen-bond acceptors (Lipinski definition) is 3. The van der Waals surface area contributed by atoms with Crippen molar-refractivity contribution in [2.24, 2.45) is 0 Å². The van der Waals surface area contributed by atoms with Crippen LogP contribution in [0, 0.1) is 5.82 Å². The fourth-order valence-corrected chi connectivity index (χ4v) is 1.59. The van der Waals surface area contributed by atoms with Crippen molar-refractivity contribution >= 4 is 16.4 Å². The van der Waals surface area contributed by atoms with Crippen LogP contribution in [0.15, 0.2) is 29.2 Å². The van der Waals surface area contributed by atoms with Crippen LogP contribution in [0.2, 0.25) is 0 Å². The maximum Gasteiger partial charge on any atom is 0.257 e. The molecule has 7 heteroatoms. The maximum atomic E-state index is 12.4. The molecule has 5 nitrogen and oxygen atoms in total. The maximum absolute atomic E-state index is 12.4. The van der Waals surface area contributed by atoms with Crippen molar-refractivity contribution in [1.82, 2.24) is 10.3 Å². The third-order valence-corrected chi connectivity index (χ3v) is 2.66. The minimum absolute atomic E-state index is 0.131. The van der Waals surface area contributed by atoms with Gasteiger partial charge in [0.1, 0.15) is 5.82 Å². The molecule has 0 atom stereocenters. The van der Waals surface area contributed by atoms with E-state index in [1.54, 1.807) is 10.3 Å². The molecule has 0 heterocycles. The van der Waals surface area contributed by atoms with Gasteiger partial charge >= 0.3 is 0 Å². The van der Waals surface area contributed by atoms with Crippen molar-refractivity contribution in [3.8, 4) is 0 Å². The Morgan fingerprint density at radius 1 is 1.21 bits per heavy atom. The van der Waals surface area contributed by atoms with Crippen molar-refractivity contribution in [1.29, 1.82) is 0 Å². The number of carbonyl (C=O) groups is 1. The van der Waals surface area contributed by atoms with E-state index < -0.39 is 15.8 Å². The van der Waals surface area contributed by atoms with E-state index >= 15 is 0 Å². The van der Waals surface area contributed by atoms with Gasteiger partial charge in [0.15, 0.2) is 0 Å². The fraction of sp³-hybridized carbons (Fsp3) is 0. The Balaban J connectivity index is 2.93. The zero-order valence-corrected chi connectivity index (χ0v) is 7.71. The van der Waals surface area contributed by atoms with Gasteiger partial charge in [-0.1, -0.05) is 0 Å². The lowest BCUT2D eigenvalue weighted by Crippen LogP contribution is -2.36. The predicted octanol–water partition coefficient (Wildman–Crippen LogP) is -0.235. The molecule has 0 bridgehead atoms. The number of halogens is 1. The highest BCUT2D eigenvalue weighted by molar-refractivity contribution is 7.89. The molecule has 1 rings (SSSR count). The van der Waals surface area contributed by atoms with Crippen LogP contribution in [0.25, 0.3) is 0 Å². The summed E-state index contributed by atoms with van der Waals surface area (Å²) in [5, 5.41) is 0. The van der Waals surface area contributed by atoms with E-state index in [0.717, 1.165) is 24.3 Å². The molecule has 0 aliphatic carbocycles. The van der Waals surface area contributed by atoms with Gasteiger partial charge in [-0.15, -0.1) is 4.83 Å². The molecule has 76 valence electrons. The summed E-state index contributed by atoms with van der Waals surface area (Å²) in [5.41, 5.74) is 1.79. The molecule has 14 heavy (non-hydrogen) atoms. The summed E-state index contributed by atoms with van der Waals surface area (Å²) in [6.45, 7) is 0. The molecule has 2 N–H and O–H groups in total. The Morgan fingerprint density at radius 3 is 2.29 bits per heavy atom. The van der Waals surface area contributed by atoms with E-state index in [2.05, 4.69) is 0 Å². The molecule has 1 aromatic carbocycles. The summed E-state index contributed by atoms with van der Waals surface area (Å²) in [5.74, 6) is -0.535. The Morgan fingerprint density at radius 2 is 1.79 bits per heavy atom. The second-order valence-electron chi connectivity index (χ2n) is 2.32. The molecule has 0 aliphatic rings. The third kappa shape index (κ3) is 2.51. The van der Waals surface area contributed by atoms with E-state index in [4.69, 9.17) is 0 Å². The molecule has 0 fully saturated rings. The summed E-state index contributed by atoms with van der Waals surface area (Å²) < 4.78 is 34.9. The first kappa shape index (κ1) is 10.6. The smallest absolute Gasteiger partial charge is 0.257 e. The number of hydrazine groups is 1. The van der Waals surface area contributed by atoms with Gasteiger partial charge in [0.05, 0.1) is 4.90 Å². The second-order valence-corrected chi connectivity index (χ2v) is 4.00. The van der Waals surface area contributed by atoms with Crippen LogP contribution < -0.4 is 10.3 Å². The third-order valence-electron chi connectivity index (χ3n) is 1.38. The molecule has 0 radical (unpaired) electrons. The van der Waals surface area contributed by atoms with Gasteiger partial charge in [-0.3, -0.25) is 10.2 Å². The molecule has 0 aliphatic heterocycles. The highest BCUT2D eigenvalue weighted by Gasteiger charge is 2.12. The summed E-state index contributed by atoms with van der Waals surface area (Å²) in [6, 6.07) is 4.19. The number of sulfonamides is 1. The highest BCUT2D eigenvalue weighted by Crippen LogP contribution is 2.08. The van der Waals surface area contributed by atoms with E-state index in [1.165, 1.54) is 0 Å². The quantitative estimate of drug-likeness (QED) is 0.541. The van der Waals surface area contributed by atoms with Crippen molar-refractivity contribution in [2.75, 3.05) is 0 Å². The van der Waals surface area contributed by atoms with E-state index in [9.17, 15) is 17.6 Å². The fourth-order valence-electron chi connectivity index (χ4n) is 0.774. The summed E-state index contributed by atoms with van der Waals surface area (Å²) in [6.07, 6.45) is 0.182. The van der Waals surface area contributed by atoms with Crippen molar-refractivity contribution < 1.29 is 17.6 Å². The van der Waals surface area contributed by atoms with Crippen LogP contribution >= 0.6 is 0 Å². The molecule has 0 saturated heterocycles. The first-order valence-corrected chi connectivity index (χ1v) is 5.01.